The molecular formula is C25H23ClN4O3. The lowest BCUT2D eigenvalue weighted by atomic mass is 10.0. The molecule has 1 aliphatic rings. The highest BCUT2D eigenvalue weighted by atomic mass is 35.5. The third kappa shape index (κ3) is 6.17. The van der Waals surface area contributed by atoms with Gasteiger partial charge in [0.2, 0.25) is 12.0 Å². The Morgan fingerprint density at radius 1 is 1.03 bits per heavy atom. The molecule has 2 unspecified atom stereocenters. The van der Waals surface area contributed by atoms with Crippen LogP contribution in [-0.4, -0.2) is 34.7 Å². The predicted molar refractivity (Wildman–Crippen MR) is 126 cm³/mol. The van der Waals surface area contributed by atoms with Crippen LogP contribution in [-0.2, 0) is 27.4 Å². The van der Waals surface area contributed by atoms with E-state index in [9.17, 15) is 9.59 Å². The topological polar surface area (TPSA) is 92.7 Å². The van der Waals surface area contributed by atoms with E-state index < -0.39 is 18.1 Å². The lowest BCUT2D eigenvalue weighted by Crippen LogP contribution is -2.50. The summed E-state index contributed by atoms with van der Waals surface area (Å²) in [6.45, 7) is 0.268. The normalized spacial score (nSPS) is 15.8. The molecule has 1 aliphatic heterocycles. The van der Waals surface area contributed by atoms with Crippen LogP contribution in [0.3, 0.4) is 0 Å². The zero-order valence-electron chi connectivity index (χ0n) is 17.8. The van der Waals surface area contributed by atoms with E-state index in [-0.39, 0.29) is 12.5 Å². The van der Waals surface area contributed by atoms with Crippen molar-refractivity contribution in [1.82, 2.24) is 15.6 Å². The van der Waals surface area contributed by atoms with Gasteiger partial charge < -0.3 is 15.5 Å². The second-order valence-corrected chi connectivity index (χ2v) is 8.07. The SMILES string of the molecule is O=C(NCc1ccccn1)C(Cc1ccccc1)NC(=O)C1CC(c2ccc(Cl)cc2)=NO1. The molecule has 0 spiro atoms. The molecule has 168 valence electrons. The Hall–Kier alpha value is -3.71. The molecule has 2 atom stereocenters. The Morgan fingerprint density at radius 3 is 2.52 bits per heavy atom. The van der Waals surface area contributed by atoms with Gasteiger partial charge in [-0.3, -0.25) is 14.6 Å². The minimum absolute atomic E-state index is 0.268. The number of amides is 2. The summed E-state index contributed by atoms with van der Waals surface area (Å²) in [6, 6.07) is 21.4. The number of aromatic nitrogens is 1. The van der Waals surface area contributed by atoms with Crippen LogP contribution < -0.4 is 10.6 Å². The van der Waals surface area contributed by atoms with E-state index >= 15 is 0 Å². The molecule has 2 aromatic carbocycles. The van der Waals surface area contributed by atoms with Crippen molar-refractivity contribution in [2.45, 2.75) is 31.5 Å². The number of halogens is 1. The summed E-state index contributed by atoms with van der Waals surface area (Å²) in [5.41, 5.74) is 3.16. The number of nitrogens with one attached hydrogen (secondary N) is 2. The van der Waals surface area contributed by atoms with Gasteiger partial charge in [0.15, 0.2) is 0 Å². The molecule has 4 rings (SSSR count). The van der Waals surface area contributed by atoms with Crippen LogP contribution in [0, 0.1) is 0 Å². The van der Waals surface area contributed by atoms with Crippen LogP contribution in [0.1, 0.15) is 23.2 Å². The van der Waals surface area contributed by atoms with Crippen LogP contribution in [0.5, 0.6) is 0 Å². The molecule has 7 nitrogen and oxygen atoms in total. The van der Waals surface area contributed by atoms with Gasteiger partial charge in [0.25, 0.3) is 5.91 Å². The van der Waals surface area contributed by atoms with Crippen molar-refractivity contribution in [3.8, 4) is 0 Å². The zero-order valence-corrected chi connectivity index (χ0v) is 18.5. The molecule has 0 aliphatic carbocycles. The number of carbonyl (C=O) groups is 2. The van der Waals surface area contributed by atoms with Gasteiger partial charge in [-0.25, -0.2) is 0 Å². The first-order chi connectivity index (χ1) is 16.1. The van der Waals surface area contributed by atoms with Crippen LogP contribution >= 0.6 is 11.6 Å². The smallest absolute Gasteiger partial charge is 0.265 e. The lowest BCUT2D eigenvalue weighted by Gasteiger charge is -2.20. The van der Waals surface area contributed by atoms with Crippen molar-refractivity contribution in [3.63, 3.8) is 0 Å². The monoisotopic (exact) mass is 462 g/mol. The van der Waals surface area contributed by atoms with Gasteiger partial charge in [0.05, 0.1) is 18.0 Å². The number of oxime groups is 1. The Bertz CT molecular complexity index is 1120. The number of nitrogens with zero attached hydrogens (tertiary/aromatic N) is 2. The first-order valence-corrected chi connectivity index (χ1v) is 11.0. The number of rotatable bonds is 8. The highest BCUT2D eigenvalue weighted by molar-refractivity contribution is 6.30. The van der Waals surface area contributed by atoms with Gasteiger partial charge in [-0.05, 0) is 35.4 Å². The molecule has 1 aromatic heterocycles. The third-order valence-corrected chi connectivity index (χ3v) is 5.48. The van der Waals surface area contributed by atoms with Crippen molar-refractivity contribution in [1.29, 1.82) is 0 Å². The molecule has 0 radical (unpaired) electrons. The van der Waals surface area contributed by atoms with Crippen LogP contribution in [0.4, 0.5) is 0 Å². The van der Waals surface area contributed by atoms with Crippen molar-refractivity contribution < 1.29 is 14.4 Å². The zero-order chi connectivity index (χ0) is 23.0. The fraction of sp³-hybridized carbons (Fsp3) is 0.200. The van der Waals surface area contributed by atoms with E-state index in [1.165, 1.54) is 0 Å². The lowest BCUT2D eigenvalue weighted by molar-refractivity contribution is -0.135. The Morgan fingerprint density at radius 2 is 1.79 bits per heavy atom. The number of hydrogen-bond donors (Lipinski definition) is 2. The van der Waals surface area contributed by atoms with E-state index in [2.05, 4.69) is 20.8 Å². The fourth-order valence-corrected chi connectivity index (χ4v) is 3.58. The number of hydrogen-bond acceptors (Lipinski definition) is 5. The highest BCUT2D eigenvalue weighted by Crippen LogP contribution is 2.19. The molecule has 0 fully saturated rings. The van der Waals surface area contributed by atoms with E-state index in [0.29, 0.717) is 23.6 Å². The maximum absolute atomic E-state index is 13.0. The highest BCUT2D eigenvalue weighted by Gasteiger charge is 2.32. The van der Waals surface area contributed by atoms with E-state index in [4.69, 9.17) is 16.4 Å². The molecule has 3 aromatic rings. The Labute approximate surface area is 196 Å². The fourth-order valence-electron chi connectivity index (χ4n) is 3.46. The van der Waals surface area contributed by atoms with Crippen molar-refractivity contribution in [2.24, 2.45) is 5.16 Å². The molecular weight excluding hydrogens is 440 g/mol. The molecule has 2 amide bonds. The Kier molecular flexibility index (Phi) is 7.32. The van der Waals surface area contributed by atoms with Crippen molar-refractivity contribution in [3.05, 3.63) is 101 Å². The van der Waals surface area contributed by atoms with Gasteiger partial charge in [0.1, 0.15) is 6.04 Å². The molecule has 2 N–H and O–H groups in total. The van der Waals surface area contributed by atoms with Crippen LogP contribution in [0.25, 0.3) is 0 Å². The summed E-state index contributed by atoms with van der Waals surface area (Å²) in [5, 5.41) is 10.4. The van der Waals surface area contributed by atoms with E-state index in [0.717, 1.165) is 16.8 Å². The molecule has 33 heavy (non-hydrogen) atoms. The van der Waals surface area contributed by atoms with Gasteiger partial charge in [-0.2, -0.15) is 0 Å². The van der Waals surface area contributed by atoms with Crippen LogP contribution in [0.15, 0.2) is 84.1 Å². The standard InChI is InChI=1S/C25H23ClN4O3/c26-19-11-9-18(10-12-19)21-15-23(33-30-21)25(32)29-22(14-17-6-2-1-3-7-17)24(31)28-16-20-8-4-5-13-27-20/h1-13,22-23H,14-16H2,(H,28,31)(H,29,32). The average molecular weight is 463 g/mol. The Balaban J connectivity index is 1.40. The number of carbonyl (C=O) groups excluding carboxylic acids is 2. The van der Waals surface area contributed by atoms with E-state index in [1.54, 1.807) is 18.3 Å². The predicted octanol–water partition coefficient (Wildman–Crippen LogP) is 3.27. The van der Waals surface area contributed by atoms with Crippen LogP contribution in [0.2, 0.25) is 5.02 Å². The summed E-state index contributed by atoms with van der Waals surface area (Å²) < 4.78 is 0. The summed E-state index contributed by atoms with van der Waals surface area (Å²) in [7, 11) is 0. The maximum Gasteiger partial charge on any atom is 0.265 e. The summed E-state index contributed by atoms with van der Waals surface area (Å²) >= 11 is 5.94. The maximum atomic E-state index is 13.0. The number of pyridine rings is 1. The summed E-state index contributed by atoms with van der Waals surface area (Å²) in [6.07, 6.45) is 1.51. The largest absolute Gasteiger partial charge is 0.382 e. The second-order valence-electron chi connectivity index (χ2n) is 7.63. The molecule has 0 saturated carbocycles. The first-order valence-electron chi connectivity index (χ1n) is 10.6. The first kappa shape index (κ1) is 22.5. The van der Waals surface area contributed by atoms with Crippen molar-refractivity contribution in [2.75, 3.05) is 0 Å². The molecule has 2 heterocycles. The number of benzene rings is 2. The van der Waals surface area contributed by atoms with Crippen molar-refractivity contribution >= 4 is 29.1 Å². The van der Waals surface area contributed by atoms with Gasteiger partial charge in [-0.1, -0.05) is 65.3 Å². The minimum atomic E-state index is -0.808. The van der Waals surface area contributed by atoms with E-state index in [1.807, 2.05) is 60.7 Å². The summed E-state index contributed by atoms with van der Waals surface area (Å²) in [4.78, 5) is 35.5. The molecule has 0 saturated heterocycles. The second kappa shape index (κ2) is 10.7. The quantitative estimate of drug-likeness (QED) is 0.537. The minimum Gasteiger partial charge on any atom is -0.382 e. The third-order valence-electron chi connectivity index (χ3n) is 5.22. The average Bonchev–Trinajstić information content (AvgIpc) is 3.34. The molecule has 0 bridgehead atoms. The molecule has 8 heteroatoms. The van der Waals surface area contributed by atoms with Gasteiger partial charge in [-0.15, -0.1) is 0 Å². The van der Waals surface area contributed by atoms with Gasteiger partial charge in [0, 0.05) is 24.1 Å². The van der Waals surface area contributed by atoms with Gasteiger partial charge >= 0.3 is 0 Å². The summed E-state index contributed by atoms with van der Waals surface area (Å²) in [5.74, 6) is -0.689.